The van der Waals surface area contributed by atoms with Crippen molar-refractivity contribution in [2.24, 2.45) is 0 Å². The number of allylic oxidation sites excluding steroid dienone is 1. The molecule has 0 unspecified atom stereocenters. The topological polar surface area (TPSA) is 220 Å². The van der Waals surface area contributed by atoms with Crippen LogP contribution in [0.4, 0.5) is 67.7 Å². The number of aryl methyl sites for hydroxylation is 2. The molecule has 6 heterocycles. The number of likely N-dealkylation sites (N-methyl/N-ethyl adjacent to an activating group) is 3. The molecule has 6 aromatic carbocycles. The van der Waals surface area contributed by atoms with Gasteiger partial charge in [-0.1, -0.05) is 104 Å². The van der Waals surface area contributed by atoms with Crippen LogP contribution < -0.4 is 46.6 Å². The third kappa shape index (κ3) is 22.7. The van der Waals surface area contributed by atoms with Gasteiger partial charge < -0.3 is 61.3 Å². The predicted molar refractivity (Wildman–Crippen MR) is 412 cm³/mol. The van der Waals surface area contributed by atoms with Crippen LogP contribution in [0.25, 0.3) is 0 Å². The molecule has 6 N–H and O–H groups in total. The molecule has 102 heavy (non-hydrogen) atoms. The molecule has 3 fully saturated rings. The number of nitrogens with one attached hydrogen (secondary N) is 6. The monoisotopic (exact) mass is 1410 g/mol. The van der Waals surface area contributed by atoms with Crippen LogP contribution in [0.1, 0.15) is 39.2 Å². The predicted octanol–water partition coefficient (Wildman–Crippen LogP) is 12.8. The third-order valence-corrected chi connectivity index (χ3v) is 18.1. The van der Waals surface area contributed by atoms with E-state index in [1.165, 1.54) is 53.0 Å². The molecule has 2 amide bonds. The van der Waals surface area contributed by atoms with Gasteiger partial charge in [0.1, 0.15) is 22.2 Å². The summed E-state index contributed by atoms with van der Waals surface area (Å²) in [7, 11) is 6.40. The average molecular weight is 1410 g/mol. The lowest BCUT2D eigenvalue weighted by atomic mass is 10.0. The molecular weight excluding hydrogens is 1330 g/mol. The molecule has 21 nitrogen and oxygen atoms in total. The first kappa shape index (κ1) is 74.1. The SMILES string of the molecule is C=CC(=O)Cc1ccc(CCc2cc(Cc3ccc(N4CCN(C)CC4)cc3)ncn2)cc1.C=CC(=O)Nc1ccc(CNc2nc(Nc3ccc(N4CCN(C)CC4)c(F)c3)ncc2Cl)cc1.C=CC(=O)Nc1ccc(CNc2nc(Nc3ccc(N4CCN(C)CC4)cc3)ncc2Cl)cc1. The van der Waals surface area contributed by atoms with E-state index in [1.54, 1.807) is 30.7 Å². The number of rotatable bonds is 25. The molecule has 3 aliphatic heterocycles. The van der Waals surface area contributed by atoms with Gasteiger partial charge in [0.2, 0.25) is 23.7 Å². The minimum Gasteiger partial charge on any atom is -0.369 e. The molecule has 3 aliphatic rings. The molecule has 0 aliphatic carbocycles. The second-order valence-electron chi connectivity index (χ2n) is 25.1. The summed E-state index contributed by atoms with van der Waals surface area (Å²) in [5, 5.41) is 18.9. The number of carbonyl (C=O) groups is 3. The van der Waals surface area contributed by atoms with Crippen molar-refractivity contribution in [2.45, 2.75) is 38.8 Å². The number of hydrogen-bond donors (Lipinski definition) is 6. The first-order chi connectivity index (χ1) is 49.5. The van der Waals surface area contributed by atoms with Gasteiger partial charge in [-0.2, -0.15) is 9.97 Å². The quantitative estimate of drug-likeness (QED) is 0.0293. The maximum absolute atomic E-state index is 14.8. The zero-order valence-corrected chi connectivity index (χ0v) is 59.4. The normalized spacial score (nSPS) is 14.0. The first-order valence-electron chi connectivity index (χ1n) is 33.9. The van der Waals surface area contributed by atoms with Crippen molar-refractivity contribution in [3.05, 3.63) is 257 Å². The maximum atomic E-state index is 14.8. The first-order valence-corrected chi connectivity index (χ1v) is 34.7. The van der Waals surface area contributed by atoms with Crippen molar-refractivity contribution in [3.8, 4) is 0 Å². The fraction of sp³-hybridized carbons (Fsp3) is 0.269. The van der Waals surface area contributed by atoms with Crippen molar-refractivity contribution in [1.29, 1.82) is 0 Å². The Bertz CT molecular complexity index is 4260. The molecule has 3 saturated heterocycles. The Morgan fingerprint density at radius 3 is 1.36 bits per heavy atom. The van der Waals surface area contributed by atoms with E-state index >= 15 is 0 Å². The van der Waals surface area contributed by atoms with Crippen LogP contribution in [-0.4, -0.2) is 162 Å². The summed E-state index contributed by atoms with van der Waals surface area (Å²) >= 11 is 12.6. The lowest BCUT2D eigenvalue weighted by Crippen LogP contribution is -2.44. The average Bonchev–Trinajstić information content (AvgIpc) is 0.805. The Labute approximate surface area is 606 Å². The van der Waals surface area contributed by atoms with Crippen LogP contribution in [0.3, 0.4) is 0 Å². The molecule has 0 spiro atoms. The Balaban J connectivity index is 0.000000165. The zero-order valence-electron chi connectivity index (χ0n) is 57.9. The van der Waals surface area contributed by atoms with E-state index in [-0.39, 0.29) is 23.4 Å². The number of nitrogens with zero attached hydrogens (tertiary/aromatic N) is 12. The summed E-state index contributed by atoms with van der Waals surface area (Å²) in [6, 6.07) is 47.4. The molecule has 0 radical (unpaired) electrons. The number of halogens is 3. The second-order valence-corrected chi connectivity index (χ2v) is 25.9. The van der Waals surface area contributed by atoms with Crippen molar-refractivity contribution in [1.82, 2.24) is 44.6 Å². The summed E-state index contributed by atoms with van der Waals surface area (Å²) < 4.78 is 14.8. The van der Waals surface area contributed by atoms with E-state index in [4.69, 9.17) is 23.2 Å². The molecule has 0 saturated carbocycles. The fourth-order valence-corrected chi connectivity index (χ4v) is 11.7. The summed E-state index contributed by atoms with van der Waals surface area (Å²) in [4.78, 5) is 74.6. The van der Waals surface area contributed by atoms with Crippen molar-refractivity contribution >= 4 is 104 Å². The molecule has 24 heteroatoms. The maximum Gasteiger partial charge on any atom is 0.247 e. The van der Waals surface area contributed by atoms with E-state index in [2.05, 4.69) is 187 Å². The van der Waals surface area contributed by atoms with Gasteiger partial charge in [0.25, 0.3) is 0 Å². The van der Waals surface area contributed by atoms with Gasteiger partial charge in [-0.3, -0.25) is 14.4 Å². The minimum atomic E-state index is -0.292. The van der Waals surface area contributed by atoms with E-state index in [0.29, 0.717) is 75.8 Å². The number of anilines is 11. The Hall–Kier alpha value is -10.6. The van der Waals surface area contributed by atoms with Crippen molar-refractivity contribution < 1.29 is 18.8 Å². The highest BCUT2D eigenvalue weighted by Gasteiger charge is 2.20. The third-order valence-electron chi connectivity index (χ3n) is 17.5. The lowest BCUT2D eigenvalue weighted by molar-refractivity contribution is -0.114. The zero-order chi connectivity index (χ0) is 71.7. The van der Waals surface area contributed by atoms with Crippen LogP contribution in [0.5, 0.6) is 0 Å². The fourth-order valence-electron chi connectivity index (χ4n) is 11.4. The van der Waals surface area contributed by atoms with Crippen LogP contribution in [0.2, 0.25) is 10.0 Å². The smallest absolute Gasteiger partial charge is 0.247 e. The van der Waals surface area contributed by atoms with Crippen molar-refractivity contribution in [3.63, 3.8) is 0 Å². The van der Waals surface area contributed by atoms with E-state index in [0.717, 1.165) is 132 Å². The summed E-state index contributed by atoms with van der Waals surface area (Å²) in [5.41, 5.74) is 13.6. The largest absolute Gasteiger partial charge is 0.369 e. The number of ketones is 1. The molecule has 0 atom stereocenters. The molecular formula is C78H87Cl2FN18O3. The van der Waals surface area contributed by atoms with Crippen LogP contribution >= 0.6 is 23.2 Å². The van der Waals surface area contributed by atoms with Gasteiger partial charge in [-0.25, -0.2) is 24.3 Å². The van der Waals surface area contributed by atoms with Gasteiger partial charge in [0, 0.05) is 150 Å². The molecule has 9 aromatic rings. The van der Waals surface area contributed by atoms with Crippen LogP contribution in [-0.2, 0) is 53.2 Å². The Morgan fingerprint density at radius 1 is 0.461 bits per heavy atom. The van der Waals surface area contributed by atoms with Gasteiger partial charge in [0.05, 0.1) is 18.1 Å². The highest BCUT2D eigenvalue weighted by Crippen LogP contribution is 2.29. The number of benzene rings is 6. The number of carbonyl (C=O) groups excluding carboxylic acids is 3. The van der Waals surface area contributed by atoms with Crippen LogP contribution in [0, 0.1) is 5.82 Å². The number of amides is 2. The molecule has 12 rings (SSSR count). The van der Waals surface area contributed by atoms with E-state index in [9.17, 15) is 18.8 Å². The van der Waals surface area contributed by atoms with E-state index < -0.39 is 0 Å². The van der Waals surface area contributed by atoms with Gasteiger partial charge >= 0.3 is 0 Å². The molecule has 0 bridgehead atoms. The summed E-state index contributed by atoms with van der Waals surface area (Å²) in [6.07, 6.45) is 11.6. The number of aromatic nitrogens is 6. The molecule has 528 valence electrons. The van der Waals surface area contributed by atoms with Crippen molar-refractivity contribution in [2.75, 3.05) is 146 Å². The van der Waals surface area contributed by atoms with Crippen LogP contribution in [0.15, 0.2) is 202 Å². The van der Waals surface area contributed by atoms with E-state index in [1.807, 2.05) is 66.7 Å². The Kier molecular flexibility index (Phi) is 27.0. The second kappa shape index (κ2) is 37.2. The highest BCUT2D eigenvalue weighted by atomic mass is 35.5. The van der Waals surface area contributed by atoms with Gasteiger partial charge in [0.15, 0.2) is 17.4 Å². The minimum absolute atomic E-state index is 0.0465. The lowest BCUT2D eigenvalue weighted by Gasteiger charge is -2.34. The standard InChI is InChI=1S/C28H32N4O.C25H27ClFN7O.C25H28ClN7O/c1-3-28(33)19-24-6-4-22(5-7-24)8-11-25-20-26(30-21-29-25)18-23-9-12-27(13-10-23)32-16-14-31(2)15-17-32;1-3-23(35)30-18-6-4-17(5-7-18)15-28-24-20(26)16-29-25(32-24)31-19-8-9-22(21(27)14-19)34-12-10-33(2)11-13-34;1-3-23(34)29-19-6-4-18(5-7-19)16-27-24-22(26)17-28-25(31-24)30-20-8-10-21(11-9-20)33-14-12-32(2)13-15-33/h3-7,9-10,12-13,20-21H,1,8,11,14-19H2,2H3;3-9,14,16H,1,10-13,15H2,2H3,(H,30,35)(H2,28,29,31,32);3-11,17H,1,12-16H2,2H3,(H,29,34)(H2,27,28,30,31). The summed E-state index contributed by atoms with van der Waals surface area (Å²) in [6.45, 7) is 23.4. The Morgan fingerprint density at radius 2 is 0.882 bits per heavy atom. The van der Waals surface area contributed by atoms with Gasteiger partial charge in [-0.15, -0.1) is 0 Å². The molecule has 3 aromatic heterocycles. The summed E-state index contributed by atoms with van der Waals surface area (Å²) in [5.74, 6) is 0.989. The number of piperazine rings is 3. The number of hydrogen-bond acceptors (Lipinski definition) is 19. The van der Waals surface area contributed by atoms with Gasteiger partial charge in [-0.05, 0) is 165 Å². The highest BCUT2D eigenvalue weighted by molar-refractivity contribution is 6.33.